The minimum atomic E-state index is 0.581. The van der Waals surface area contributed by atoms with Crippen LogP contribution < -0.4 is 16.8 Å². The van der Waals surface area contributed by atoms with Crippen molar-refractivity contribution in [2.45, 2.75) is 20.3 Å². The first-order valence-corrected chi connectivity index (χ1v) is 7.12. The van der Waals surface area contributed by atoms with Gasteiger partial charge < -0.3 is 16.8 Å². The number of benzene rings is 1. The van der Waals surface area contributed by atoms with Crippen LogP contribution in [-0.2, 0) is 6.42 Å². The molecule has 4 nitrogen and oxygen atoms in total. The van der Waals surface area contributed by atoms with Crippen LogP contribution in [-0.4, -0.2) is 19.8 Å². The highest BCUT2D eigenvalue weighted by molar-refractivity contribution is 6.09. The summed E-state index contributed by atoms with van der Waals surface area (Å²) < 4.78 is 0. The van der Waals surface area contributed by atoms with Gasteiger partial charge in [-0.05, 0) is 29.2 Å². The number of nitrogens with zero attached hydrogens (tertiary/aromatic N) is 1. The largest absolute Gasteiger partial charge is 0.404 e. The Morgan fingerprint density at radius 2 is 2.14 bits per heavy atom. The van der Waals surface area contributed by atoms with Crippen molar-refractivity contribution >= 4 is 17.5 Å². The van der Waals surface area contributed by atoms with Crippen LogP contribution >= 0.6 is 0 Å². The summed E-state index contributed by atoms with van der Waals surface area (Å²) in [7, 11) is 1.72. The third kappa shape index (κ3) is 5.34. The molecule has 0 saturated carbocycles. The summed E-state index contributed by atoms with van der Waals surface area (Å²) in [5.74, 6) is 0.581. The Balaban J connectivity index is 2.90. The van der Waals surface area contributed by atoms with Crippen molar-refractivity contribution in [3.63, 3.8) is 0 Å². The molecule has 0 unspecified atom stereocenters. The van der Waals surface area contributed by atoms with Gasteiger partial charge in [0.05, 0.1) is 0 Å². The van der Waals surface area contributed by atoms with E-state index in [1.807, 2.05) is 18.2 Å². The van der Waals surface area contributed by atoms with Crippen LogP contribution in [0.1, 0.15) is 25.0 Å². The lowest BCUT2D eigenvalue weighted by molar-refractivity contribution is 0.591. The maximum absolute atomic E-state index is 6.06. The minimum absolute atomic E-state index is 0.581. The zero-order chi connectivity index (χ0) is 15.8. The van der Waals surface area contributed by atoms with E-state index in [-0.39, 0.29) is 0 Å². The van der Waals surface area contributed by atoms with Crippen LogP contribution in [0.15, 0.2) is 41.7 Å². The molecule has 0 saturated heterocycles. The van der Waals surface area contributed by atoms with E-state index in [1.54, 1.807) is 19.5 Å². The Morgan fingerprint density at radius 1 is 1.43 bits per heavy atom. The third-order valence-electron chi connectivity index (χ3n) is 3.09. The number of rotatable bonds is 7. The van der Waals surface area contributed by atoms with Gasteiger partial charge in [0, 0.05) is 49.4 Å². The molecule has 21 heavy (non-hydrogen) atoms. The molecule has 114 valence electrons. The summed E-state index contributed by atoms with van der Waals surface area (Å²) in [6, 6.07) is 5.88. The molecule has 1 aromatic carbocycles. The van der Waals surface area contributed by atoms with Gasteiger partial charge in [-0.2, -0.15) is 0 Å². The molecular weight excluding hydrogens is 260 g/mol. The monoisotopic (exact) mass is 286 g/mol. The van der Waals surface area contributed by atoms with Crippen molar-refractivity contribution in [2.75, 3.05) is 19.3 Å². The summed E-state index contributed by atoms with van der Waals surface area (Å²) >= 11 is 0. The second-order valence-electron chi connectivity index (χ2n) is 5.48. The Labute approximate surface area is 127 Å². The second kappa shape index (κ2) is 8.15. The Bertz CT molecular complexity index is 542. The van der Waals surface area contributed by atoms with Gasteiger partial charge in [0.25, 0.3) is 0 Å². The summed E-state index contributed by atoms with van der Waals surface area (Å²) in [4.78, 5) is 4.01. The normalized spacial score (nSPS) is 12.1. The molecule has 0 spiro atoms. The number of aliphatic imine (C=N–C) groups is 1. The van der Waals surface area contributed by atoms with Gasteiger partial charge in [-0.25, -0.2) is 0 Å². The predicted molar refractivity (Wildman–Crippen MR) is 93.1 cm³/mol. The van der Waals surface area contributed by atoms with Crippen molar-refractivity contribution in [1.82, 2.24) is 5.32 Å². The first kappa shape index (κ1) is 16.8. The second-order valence-corrected chi connectivity index (χ2v) is 5.48. The topological polar surface area (TPSA) is 76.4 Å². The van der Waals surface area contributed by atoms with Crippen LogP contribution in [0.5, 0.6) is 0 Å². The first-order valence-electron chi connectivity index (χ1n) is 7.12. The van der Waals surface area contributed by atoms with Gasteiger partial charge in [-0.1, -0.05) is 26.5 Å². The molecule has 0 atom stereocenters. The molecular formula is C17H26N4. The molecule has 0 aromatic heterocycles. The van der Waals surface area contributed by atoms with E-state index in [4.69, 9.17) is 11.5 Å². The Hall–Kier alpha value is -2.23. The minimum Gasteiger partial charge on any atom is -0.404 e. The summed E-state index contributed by atoms with van der Waals surface area (Å²) in [5.41, 5.74) is 16.3. The number of anilines is 1. The van der Waals surface area contributed by atoms with Crippen LogP contribution in [0.3, 0.4) is 0 Å². The zero-order valence-electron chi connectivity index (χ0n) is 13.2. The van der Waals surface area contributed by atoms with Gasteiger partial charge in [0.1, 0.15) is 0 Å². The molecule has 5 N–H and O–H groups in total. The first-order chi connectivity index (χ1) is 9.97. The van der Waals surface area contributed by atoms with E-state index < -0.39 is 0 Å². The number of nitrogens with one attached hydrogen (secondary N) is 1. The quantitative estimate of drug-likeness (QED) is 0.532. The number of nitrogen functional groups attached to an aromatic ring is 1. The fourth-order valence-corrected chi connectivity index (χ4v) is 1.93. The summed E-state index contributed by atoms with van der Waals surface area (Å²) in [6.07, 6.45) is 3.99. The van der Waals surface area contributed by atoms with E-state index in [2.05, 4.69) is 30.7 Å². The Morgan fingerprint density at radius 3 is 2.71 bits per heavy atom. The van der Waals surface area contributed by atoms with Gasteiger partial charge in [-0.15, -0.1) is 0 Å². The van der Waals surface area contributed by atoms with Crippen LogP contribution in [0.4, 0.5) is 5.69 Å². The molecule has 0 aliphatic carbocycles. The predicted octanol–water partition coefficient (Wildman–Crippen LogP) is 2.57. The maximum Gasteiger partial charge on any atom is 0.0350 e. The van der Waals surface area contributed by atoms with E-state index in [1.165, 1.54) is 0 Å². The molecule has 0 aliphatic heterocycles. The summed E-state index contributed by atoms with van der Waals surface area (Å²) in [5, 5.41) is 3.33. The van der Waals surface area contributed by atoms with E-state index in [9.17, 15) is 0 Å². The van der Waals surface area contributed by atoms with Crippen molar-refractivity contribution in [2.24, 2.45) is 16.6 Å². The molecule has 1 aromatic rings. The number of nitrogens with two attached hydrogens (primary N) is 2. The van der Waals surface area contributed by atoms with Crippen molar-refractivity contribution in [1.29, 1.82) is 0 Å². The number of hydrogen-bond acceptors (Lipinski definition) is 4. The molecule has 4 heteroatoms. The highest BCUT2D eigenvalue weighted by atomic mass is 14.9. The van der Waals surface area contributed by atoms with E-state index in [0.29, 0.717) is 12.3 Å². The average molecular weight is 286 g/mol. The highest BCUT2D eigenvalue weighted by Crippen LogP contribution is 2.21. The lowest BCUT2D eigenvalue weighted by Gasteiger charge is -2.14. The molecule has 0 bridgehead atoms. The fraction of sp³-hybridized carbons (Fsp3) is 0.353. The standard InChI is InChI=1S/C17H26N4/c1-12(2)10-21-13(3)7-15-8-14(5-6-17(15)19)16(9-18)11-20-4/h5-6,8-9,11-12,21H,3,7,10,18-19H2,1-2,4H3. The smallest absolute Gasteiger partial charge is 0.0350 e. The fourth-order valence-electron chi connectivity index (χ4n) is 1.93. The van der Waals surface area contributed by atoms with Crippen molar-refractivity contribution in [3.8, 4) is 0 Å². The van der Waals surface area contributed by atoms with Crippen LogP contribution in [0.2, 0.25) is 0 Å². The molecule has 0 radical (unpaired) electrons. The van der Waals surface area contributed by atoms with Gasteiger partial charge in [-0.3, -0.25) is 4.99 Å². The Kier molecular flexibility index (Phi) is 6.53. The zero-order valence-corrected chi connectivity index (χ0v) is 13.2. The lowest BCUT2D eigenvalue weighted by atomic mass is 10.0. The SMILES string of the molecule is C=C(Cc1cc(C(C=NC)=CN)ccc1N)NCC(C)C. The van der Waals surface area contributed by atoms with Gasteiger partial charge >= 0.3 is 0 Å². The van der Waals surface area contributed by atoms with Crippen LogP contribution in [0.25, 0.3) is 5.57 Å². The van der Waals surface area contributed by atoms with Gasteiger partial charge in [0.15, 0.2) is 0 Å². The highest BCUT2D eigenvalue weighted by Gasteiger charge is 2.06. The average Bonchev–Trinajstić information content (AvgIpc) is 2.45. The molecule has 1 rings (SSSR count). The number of allylic oxidation sites excluding steroid dienone is 2. The third-order valence-corrected chi connectivity index (χ3v) is 3.09. The molecule has 0 fully saturated rings. The molecule has 0 amide bonds. The van der Waals surface area contributed by atoms with Gasteiger partial charge in [0.2, 0.25) is 0 Å². The van der Waals surface area contributed by atoms with Crippen LogP contribution in [0, 0.1) is 5.92 Å². The van der Waals surface area contributed by atoms with Crippen molar-refractivity contribution < 1.29 is 0 Å². The van der Waals surface area contributed by atoms with E-state index >= 15 is 0 Å². The van der Waals surface area contributed by atoms with Crippen molar-refractivity contribution in [3.05, 3.63) is 47.8 Å². The van der Waals surface area contributed by atoms with E-state index in [0.717, 1.165) is 34.6 Å². The lowest BCUT2D eigenvalue weighted by Crippen LogP contribution is -2.20. The molecule has 0 aliphatic rings. The summed E-state index contributed by atoms with van der Waals surface area (Å²) in [6.45, 7) is 9.30. The number of hydrogen-bond donors (Lipinski definition) is 3. The molecule has 0 heterocycles. The maximum atomic E-state index is 6.06.